The zero-order chi connectivity index (χ0) is 14.5. The molecule has 0 aliphatic heterocycles. The van der Waals surface area contributed by atoms with E-state index in [1.54, 1.807) is 6.07 Å². The first kappa shape index (κ1) is 13.6. The van der Waals surface area contributed by atoms with E-state index in [0.717, 1.165) is 27.8 Å². The number of thiol groups is 2. The Kier molecular flexibility index (Phi) is 3.10. The molecule has 1 aliphatic carbocycles. The number of carbonyl (C=O) groups is 1. The zero-order valence-corrected chi connectivity index (χ0v) is 13.0. The van der Waals surface area contributed by atoms with Gasteiger partial charge in [0.1, 0.15) is 4.08 Å². The highest BCUT2D eigenvalue weighted by Gasteiger charge is 2.38. The zero-order valence-electron chi connectivity index (χ0n) is 11.2. The Bertz CT molecular complexity index is 720. The van der Waals surface area contributed by atoms with Crippen molar-refractivity contribution in [1.29, 1.82) is 0 Å². The number of methoxy groups -OCH3 is 1. The van der Waals surface area contributed by atoms with Crippen LogP contribution in [0.5, 0.6) is 0 Å². The average molecular weight is 302 g/mol. The maximum atomic E-state index is 11.7. The quantitative estimate of drug-likeness (QED) is 0.476. The second-order valence-corrected chi connectivity index (χ2v) is 6.62. The van der Waals surface area contributed by atoms with Crippen molar-refractivity contribution in [2.24, 2.45) is 0 Å². The van der Waals surface area contributed by atoms with E-state index >= 15 is 0 Å². The van der Waals surface area contributed by atoms with Crippen LogP contribution in [0, 0.1) is 6.92 Å². The molecule has 0 fully saturated rings. The van der Waals surface area contributed by atoms with Gasteiger partial charge >= 0.3 is 5.97 Å². The molecular weight excluding hydrogens is 288 g/mol. The number of fused-ring (bicyclic) bond motifs is 3. The predicted molar refractivity (Wildman–Crippen MR) is 86.7 cm³/mol. The third-order valence-electron chi connectivity index (χ3n) is 3.73. The Hall–Kier alpha value is -1.39. The minimum Gasteiger partial charge on any atom is -0.465 e. The number of hydrogen-bond acceptors (Lipinski definition) is 4. The summed E-state index contributed by atoms with van der Waals surface area (Å²) in [4.78, 5) is 11.7. The van der Waals surface area contributed by atoms with Gasteiger partial charge in [-0.25, -0.2) is 4.79 Å². The van der Waals surface area contributed by atoms with Gasteiger partial charge in [-0.1, -0.05) is 24.3 Å². The smallest absolute Gasteiger partial charge is 0.337 e. The molecule has 2 nitrogen and oxygen atoms in total. The lowest BCUT2D eigenvalue weighted by Gasteiger charge is -2.19. The maximum absolute atomic E-state index is 11.7. The van der Waals surface area contributed by atoms with E-state index in [0.29, 0.717) is 5.56 Å². The Morgan fingerprint density at radius 2 is 1.90 bits per heavy atom. The van der Waals surface area contributed by atoms with Crippen LogP contribution in [0.4, 0.5) is 0 Å². The van der Waals surface area contributed by atoms with E-state index in [9.17, 15) is 4.79 Å². The summed E-state index contributed by atoms with van der Waals surface area (Å²) in [7, 11) is 1.39. The number of carbonyl (C=O) groups excluding carboxylic acids is 1. The molecule has 0 unspecified atom stereocenters. The third-order valence-corrected chi connectivity index (χ3v) is 4.70. The first-order valence-corrected chi connectivity index (χ1v) is 7.14. The average Bonchev–Trinajstić information content (AvgIpc) is 2.67. The molecule has 0 amide bonds. The summed E-state index contributed by atoms with van der Waals surface area (Å²) in [5, 5.41) is 0. The van der Waals surface area contributed by atoms with E-state index in [-0.39, 0.29) is 5.97 Å². The van der Waals surface area contributed by atoms with Crippen molar-refractivity contribution in [2.75, 3.05) is 7.11 Å². The van der Waals surface area contributed by atoms with Crippen molar-refractivity contribution in [2.45, 2.75) is 11.0 Å². The molecule has 0 spiro atoms. The molecule has 0 bridgehead atoms. The molecule has 2 aromatic rings. The van der Waals surface area contributed by atoms with Crippen molar-refractivity contribution >= 4 is 31.2 Å². The minimum absolute atomic E-state index is 0.334. The summed E-state index contributed by atoms with van der Waals surface area (Å²) in [5.41, 5.74) is 5.86. The second-order valence-electron chi connectivity index (χ2n) is 4.92. The van der Waals surface area contributed by atoms with Crippen LogP contribution in [0.15, 0.2) is 36.4 Å². The van der Waals surface area contributed by atoms with Crippen LogP contribution in [-0.4, -0.2) is 13.1 Å². The number of hydrogen-bond donors (Lipinski definition) is 2. The summed E-state index contributed by atoms with van der Waals surface area (Å²) in [6.07, 6.45) is 0. The Morgan fingerprint density at radius 1 is 1.15 bits per heavy atom. The molecule has 0 radical (unpaired) electrons. The van der Waals surface area contributed by atoms with E-state index in [1.165, 1.54) is 7.11 Å². The highest BCUT2D eigenvalue weighted by Crippen LogP contribution is 2.54. The van der Waals surface area contributed by atoms with E-state index in [4.69, 9.17) is 30.0 Å². The number of benzene rings is 2. The number of rotatable bonds is 1. The van der Waals surface area contributed by atoms with Crippen molar-refractivity contribution in [3.63, 3.8) is 0 Å². The molecular formula is C16H14O2S2. The fourth-order valence-electron chi connectivity index (χ4n) is 2.76. The number of esters is 1. The topological polar surface area (TPSA) is 26.3 Å². The van der Waals surface area contributed by atoms with E-state index in [2.05, 4.69) is 13.0 Å². The van der Waals surface area contributed by atoms with Crippen LogP contribution in [0.25, 0.3) is 11.1 Å². The van der Waals surface area contributed by atoms with Gasteiger partial charge in [0.25, 0.3) is 0 Å². The summed E-state index contributed by atoms with van der Waals surface area (Å²) >= 11 is 9.42. The van der Waals surface area contributed by atoms with Crippen LogP contribution in [-0.2, 0) is 8.82 Å². The van der Waals surface area contributed by atoms with Crippen LogP contribution < -0.4 is 0 Å². The molecule has 0 heterocycles. The third kappa shape index (κ3) is 1.79. The van der Waals surface area contributed by atoms with Crippen LogP contribution in [0.3, 0.4) is 0 Å². The highest BCUT2D eigenvalue weighted by atomic mass is 32.2. The molecule has 2 aromatic carbocycles. The van der Waals surface area contributed by atoms with Gasteiger partial charge in [0.05, 0.1) is 12.7 Å². The van der Waals surface area contributed by atoms with Crippen molar-refractivity contribution in [3.8, 4) is 11.1 Å². The fourth-order valence-corrected chi connectivity index (χ4v) is 3.52. The van der Waals surface area contributed by atoms with Crippen LogP contribution in [0.2, 0.25) is 0 Å². The molecule has 102 valence electrons. The molecule has 0 aromatic heterocycles. The molecule has 1 aliphatic rings. The molecule has 0 atom stereocenters. The summed E-state index contributed by atoms with van der Waals surface area (Å²) < 4.78 is 4.16. The molecule has 20 heavy (non-hydrogen) atoms. The highest BCUT2D eigenvalue weighted by molar-refractivity contribution is 8.00. The largest absolute Gasteiger partial charge is 0.465 e. The Labute approximate surface area is 129 Å². The van der Waals surface area contributed by atoms with Gasteiger partial charge in [0.2, 0.25) is 0 Å². The van der Waals surface area contributed by atoms with Gasteiger partial charge in [-0.2, -0.15) is 25.3 Å². The van der Waals surface area contributed by atoms with Crippen LogP contribution >= 0.6 is 25.3 Å². The Morgan fingerprint density at radius 3 is 2.60 bits per heavy atom. The normalized spacial score (nSPS) is 14.6. The Balaban J connectivity index is 2.31. The lowest BCUT2D eigenvalue weighted by Crippen LogP contribution is -2.08. The predicted octanol–water partition coefficient (Wildman–Crippen LogP) is 3.82. The minimum atomic E-state index is -0.634. The number of aryl methyl sites for hydroxylation is 1. The first-order chi connectivity index (χ1) is 9.46. The van der Waals surface area contributed by atoms with Gasteiger partial charge in [0.15, 0.2) is 0 Å². The lowest BCUT2D eigenvalue weighted by atomic mass is 9.99. The monoisotopic (exact) mass is 302 g/mol. The van der Waals surface area contributed by atoms with Crippen LogP contribution in [0.1, 0.15) is 27.0 Å². The molecule has 0 N–H and O–H groups in total. The van der Waals surface area contributed by atoms with Crippen molar-refractivity contribution < 1.29 is 9.53 Å². The lowest BCUT2D eigenvalue weighted by molar-refractivity contribution is 0.0601. The van der Waals surface area contributed by atoms with E-state index in [1.807, 2.05) is 24.3 Å². The van der Waals surface area contributed by atoms with Gasteiger partial charge in [-0.15, -0.1) is 0 Å². The SMILES string of the molecule is COC(=O)c1ccc2c(c1)-c1c(C)cccc1C2(S)S. The molecule has 3 rings (SSSR count). The van der Waals surface area contributed by atoms with Gasteiger partial charge < -0.3 is 4.74 Å². The summed E-state index contributed by atoms with van der Waals surface area (Å²) in [6.45, 7) is 2.05. The van der Waals surface area contributed by atoms with Gasteiger partial charge in [0, 0.05) is 0 Å². The van der Waals surface area contributed by atoms with Gasteiger partial charge in [-0.3, -0.25) is 0 Å². The second kappa shape index (κ2) is 4.57. The fraction of sp³-hybridized carbons (Fsp3) is 0.188. The van der Waals surface area contributed by atoms with Gasteiger partial charge in [-0.05, 0) is 46.9 Å². The summed E-state index contributed by atoms with van der Waals surface area (Å²) in [6, 6.07) is 11.6. The van der Waals surface area contributed by atoms with Crippen molar-refractivity contribution in [3.05, 3.63) is 58.7 Å². The first-order valence-electron chi connectivity index (χ1n) is 6.25. The maximum Gasteiger partial charge on any atom is 0.337 e. The molecule has 4 heteroatoms. The standard InChI is InChI=1S/C16H14O2S2/c1-9-4-3-5-13-14(9)11-8-10(15(17)18-2)6-7-12(11)16(13,19)20/h3-8,19-20H,1-2H3. The summed E-state index contributed by atoms with van der Waals surface area (Å²) in [5.74, 6) is -0.334. The number of ether oxygens (including phenoxy) is 1. The molecule has 0 saturated heterocycles. The molecule has 0 saturated carbocycles. The van der Waals surface area contributed by atoms with E-state index < -0.39 is 4.08 Å². The van der Waals surface area contributed by atoms with Crippen molar-refractivity contribution in [1.82, 2.24) is 0 Å².